The minimum atomic E-state index is 0.0541. The van der Waals surface area contributed by atoms with Crippen LogP contribution in [0.2, 0.25) is 0 Å². The van der Waals surface area contributed by atoms with E-state index < -0.39 is 0 Å². The highest BCUT2D eigenvalue weighted by Crippen LogP contribution is 2.53. The fourth-order valence-corrected chi connectivity index (χ4v) is 4.28. The molecule has 0 aliphatic heterocycles. The molecule has 0 bridgehead atoms. The van der Waals surface area contributed by atoms with Crippen molar-refractivity contribution in [2.75, 3.05) is 0 Å². The summed E-state index contributed by atoms with van der Waals surface area (Å²) in [7, 11) is 0. The third-order valence-electron chi connectivity index (χ3n) is 5.37. The molecule has 116 valence electrons. The summed E-state index contributed by atoms with van der Waals surface area (Å²) in [5.74, 6) is 0. The zero-order valence-electron chi connectivity index (χ0n) is 14.7. The molecule has 0 saturated carbocycles. The Kier molecular flexibility index (Phi) is 2.82. The zero-order valence-corrected chi connectivity index (χ0v) is 14.7. The lowest BCUT2D eigenvalue weighted by atomic mass is 9.74. The van der Waals surface area contributed by atoms with Gasteiger partial charge in [-0.15, -0.1) is 0 Å². The minimum Gasteiger partial charge on any atom is -0.0616 e. The van der Waals surface area contributed by atoms with Crippen molar-refractivity contribution < 1.29 is 0 Å². The highest BCUT2D eigenvalue weighted by molar-refractivity contribution is 6.02. The Hall–Kier alpha value is -2.08. The Bertz CT molecular complexity index is 920. The van der Waals surface area contributed by atoms with Gasteiger partial charge in [-0.1, -0.05) is 89.2 Å². The molecule has 4 rings (SSSR count). The Labute approximate surface area is 139 Å². The van der Waals surface area contributed by atoms with E-state index in [4.69, 9.17) is 0 Å². The Balaban J connectivity index is 2.17. The first-order valence-electron chi connectivity index (χ1n) is 8.48. The van der Waals surface area contributed by atoms with Crippen LogP contribution in [-0.2, 0) is 10.8 Å². The van der Waals surface area contributed by atoms with Gasteiger partial charge in [0.05, 0.1) is 0 Å². The van der Waals surface area contributed by atoms with Gasteiger partial charge in [0.2, 0.25) is 0 Å². The first-order valence-corrected chi connectivity index (χ1v) is 8.48. The van der Waals surface area contributed by atoms with Gasteiger partial charge >= 0.3 is 0 Å². The van der Waals surface area contributed by atoms with E-state index in [-0.39, 0.29) is 10.8 Å². The molecule has 0 heterocycles. The van der Waals surface area contributed by atoms with Crippen molar-refractivity contribution in [1.82, 2.24) is 0 Å². The monoisotopic (exact) mass is 300 g/mol. The third-order valence-corrected chi connectivity index (χ3v) is 5.37. The van der Waals surface area contributed by atoms with Crippen molar-refractivity contribution >= 4 is 10.8 Å². The molecule has 0 heteroatoms. The lowest BCUT2D eigenvalue weighted by Crippen LogP contribution is -2.23. The molecule has 0 radical (unpaired) electrons. The van der Waals surface area contributed by atoms with E-state index in [0.717, 1.165) is 0 Å². The van der Waals surface area contributed by atoms with E-state index >= 15 is 0 Å². The van der Waals surface area contributed by atoms with E-state index in [2.05, 4.69) is 89.2 Å². The van der Waals surface area contributed by atoms with Crippen LogP contribution in [0.3, 0.4) is 0 Å². The molecule has 0 saturated heterocycles. The van der Waals surface area contributed by atoms with E-state index in [1.807, 2.05) is 0 Å². The Morgan fingerprint density at radius 1 is 0.783 bits per heavy atom. The SMILES string of the molecule is CC(C)(C)c1cccc2c1C(C)(C)c1ccc3ccccc3c1-2. The number of hydrogen-bond acceptors (Lipinski definition) is 0. The van der Waals surface area contributed by atoms with Crippen LogP contribution in [0.1, 0.15) is 51.3 Å². The lowest BCUT2D eigenvalue weighted by Gasteiger charge is -2.30. The Morgan fingerprint density at radius 3 is 2.26 bits per heavy atom. The standard InChI is InChI=1S/C23H24/c1-22(2,3)19-12-8-11-17-20-16-10-7-6-9-15(16)13-14-18(20)23(4,5)21(17)19/h6-14H,1-5H3. The fourth-order valence-electron chi connectivity index (χ4n) is 4.28. The zero-order chi connectivity index (χ0) is 16.4. The molecule has 0 N–H and O–H groups in total. The summed E-state index contributed by atoms with van der Waals surface area (Å²) in [5.41, 5.74) is 7.52. The Morgan fingerprint density at radius 2 is 1.52 bits per heavy atom. The molecule has 0 fully saturated rings. The van der Waals surface area contributed by atoms with Gasteiger partial charge in [-0.25, -0.2) is 0 Å². The maximum atomic E-state index is 2.38. The van der Waals surface area contributed by atoms with Crippen molar-refractivity contribution in [3.63, 3.8) is 0 Å². The van der Waals surface area contributed by atoms with Crippen LogP contribution in [0, 0.1) is 0 Å². The van der Waals surface area contributed by atoms with Crippen molar-refractivity contribution in [1.29, 1.82) is 0 Å². The largest absolute Gasteiger partial charge is 0.0616 e. The van der Waals surface area contributed by atoms with Gasteiger partial charge in [-0.3, -0.25) is 0 Å². The first-order chi connectivity index (χ1) is 10.8. The molecule has 23 heavy (non-hydrogen) atoms. The quantitative estimate of drug-likeness (QED) is 0.448. The highest BCUT2D eigenvalue weighted by atomic mass is 14.4. The summed E-state index contributed by atoms with van der Waals surface area (Å²) < 4.78 is 0. The van der Waals surface area contributed by atoms with E-state index in [1.54, 1.807) is 0 Å². The molecule has 0 aromatic heterocycles. The normalized spacial score (nSPS) is 15.5. The topological polar surface area (TPSA) is 0 Å². The van der Waals surface area contributed by atoms with E-state index in [1.165, 1.54) is 38.6 Å². The number of benzene rings is 3. The minimum absolute atomic E-state index is 0.0541. The molecule has 3 aromatic rings. The van der Waals surface area contributed by atoms with Crippen LogP contribution in [-0.4, -0.2) is 0 Å². The summed E-state index contributed by atoms with van der Waals surface area (Å²) in [6, 6.07) is 20.2. The maximum absolute atomic E-state index is 2.38. The summed E-state index contributed by atoms with van der Waals surface area (Å²) >= 11 is 0. The van der Waals surface area contributed by atoms with Crippen molar-refractivity contribution in [3.05, 3.63) is 71.3 Å². The predicted molar refractivity (Wildman–Crippen MR) is 100 cm³/mol. The second-order valence-corrected chi connectivity index (χ2v) is 8.31. The lowest BCUT2D eigenvalue weighted by molar-refractivity contribution is 0.557. The molecule has 0 unspecified atom stereocenters. The smallest absolute Gasteiger partial charge is 0.0162 e. The van der Waals surface area contributed by atoms with Crippen molar-refractivity contribution in [3.8, 4) is 11.1 Å². The molecule has 1 aliphatic carbocycles. The van der Waals surface area contributed by atoms with Crippen molar-refractivity contribution in [2.24, 2.45) is 0 Å². The van der Waals surface area contributed by atoms with Crippen LogP contribution >= 0.6 is 0 Å². The number of fused-ring (bicyclic) bond motifs is 5. The summed E-state index contributed by atoms with van der Waals surface area (Å²) in [6.45, 7) is 11.7. The molecule has 1 aliphatic rings. The van der Waals surface area contributed by atoms with Gasteiger partial charge < -0.3 is 0 Å². The number of rotatable bonds is 0. The van der Waals surface area contributed by atoms with E-state index in [0.29, 0.717) is 0 Å². The van der Waals surface area contributed by atoms with Gasteiger partial charge in [-0.2, -0.15) is 0 Å². The van der Waals surface area contributed by atoms with E-state index in [9.17, 15) is 0 Å². The van der Waals surface area contributed by atoms with Crippen LogP contribution in [0.15, 0.2) is 54.6 Å². The second-order valence-electron chi connectivity index (χ2n) is 8.31. The first kappa shape index (κ1) is 14.5. The average Bonchev–Trinajstić information content (AvgIpc) is 2.75. The fraction of sp³-hybridized carbons (Fsp3) is 0.304. The molecule has 0 nitrogen and oxygen atoms in total. The van der Waals surface area contributed by atoms with Crippen LogP contribution in [0.4, 0.5) is 0 Å². The van der Waals surface area contributed by atoms with Crippen LogP contribution in [0.5, 0.6) is 0 Å². The van der Waals surface area contributed by atoms with Gasteiger partial charge in [0, 0.05) is 5.41 Å². The average molecular weight is 300 g/mol. The summed E-state index contributed by atoms with van der Waals surface area (Å²) in [4.78, 5) is 0. The molecular formula is C23H24. The van der Waals surface area contributed by atoms with Gasteiger partial charge in [0.1, 0.15) is 0 Å². The van der Waals surface area contributed by atoms with Gasteiger partial charge in [0.25, 0.3) is 0 Å². The van der Waals surface area contributed by atoms with Gasteiger partial charge in [0.15, 0.2) is 0 Å². The van der Waals surface area contributed by atoms with Crippen LogP contribution in [0.25, 0.3) is 21.9 Å². The highest BCUT2D eigenvalue weighted by Gasteiger charge is 2.39. The molecule has 0 amide bonds. The van der Waals surface area contributed by atoms with Gasteiger partial charge in [-0.05, 0) is 44.0 Å². The predicted octanol–water partition coefficient (Wildman–Crippen LogP) is 6.44. The second kappa shape index (κ2) is 4.47. The molecule has 0 spiro atoms. The molecule has 0 atom stereocenters. The maximum Gasteiger partial charge on any atom is 0.0162 e. The summed E-state index contributed by atoms with van der Waals surface area (Å²) in [5, 5.41) is 2.71. The summed E-state index contributed by atoms with van der Waals surface area (Å²) in [6.07, 6.45) is 0. The van der Waals surface area contributed by atoms with Crippen molar-refractivity contribution in [2.45, 2.75) is 45.4 Å². The molecule has 3 aromatic carbocycles. The third kappa shape index (κ3) is 1.91. The van der Waals surface area contributed by atoms with Crippen LogP contribution < -0.4 is 0 Å². The number of hydrogen-bond donors (Lipinski definition) is 0. The molecular weight excluding hydrogens is 276 g/mol.